The zero-order valence-corrected chi connectivity index (χ0v) is 23.0. The first kappa shape index (κ1) is 27.6. The fraction of sp³-hybridized carbons (Fsp3) is 0.379. The van der Waals surface area contributed by atoms with E-state index in [-0.39, 0.29) is 35.9 Å². The van der Waals surface area contributed by atoms with Gasteiger partial charge in [0.2, 0.25) is 5.95 Å². The number of rotatable bonds is 7. The van der Waals surface area contributed by atoms with Crippen molar-refractivity contribution in [1.29, 1.82) is 10.5 Å². The fourth-order valence-electron chi connectivity index (χ4n) is 5.58. The maximum Gasteiger partial charge on any atom is 0.333 e. The average molecular weight is 555 g/mol. The topological polar surface area (TPSA) is 165 Å². The minimum atomic E-state index is -0.770. The molecule has 2 aromatic heterocycles. The van der Waals surface area contributed by atoms with E-state index in [0.717, 1.165) is 22.0 Å². The lowest BCUT2D eigenvalue weighted by atomic mass is 9.95. The molecule has 2 aromatic carbocycles. The molecule has 12 nitrogen and oxygen atoms in total. The van der Waals surface area contributed by atoms with E-state index < -0.39 is 23.8 Å². The van der Waals surface area contributed by atoms with Crippen LogP contribution in [-0.2, 0) is 29.2 Å². The Balaban J connectivity index is 1.77. The standard InChI is InChI=1S/C29H30N8O4/c1-3-35-25-26(33-28(35)34-11-7-8-20(32)16-34)36(17-24(38)41-4-2)29(40)37(27(25)39)15-19-12-18(13-30)21-9-5-6-10-22(21)23(19)14-31/h5-6,9-10,12,20H,3-4,7-8,11,15-17,32H2,1-2H3. The van der Waals surface area contributed by atoms with E-state index in [1.165, 1.54) is 6.07 Å². The quantitative estimate of drug-likeness (QED) is 0.335. The molecule has 2 N–H and O–H groups in total. The molecule has 1 unspecified atom stereocenters. The Bertz CT molecular complexity index is 1870. The van der Waals surface area contributed by atoms with Gasteiger partial charge in [-0.15, -0.1) is 0 Å². The van der Waals surface area contributed by atoms with Gasteiger partial charge in [0.25, 0.3) is 5.56 Å². The number of esters is 1. The normalized spacial score (nSPS) is 15.1. The monoisotopic (exact) mass is 554 g/mol. The van der Waals surface area contributed by atoms with Crippen LogP contribution in [0.15, 0.2) is 39.9 Å². The molecule has 1 atom stereocenters. The minimum absolute atomic E-state index is 0.0566. The average Bonchev–Trinajstić information content (AvgIpc) is 3.37. The molecule has 210 valence electrons. The second-order valence-corrected chi connectivity index (χ2v) is 9.97. The molecule has 5 rings (SSSR count). The maximum absolute atomic E-state index is 14.1. The van der Waals surface area contributed by atoms with Gasteiger partial charge in [-0.25, -0.2) is 4.79 Å². The Morgan fingerprint density at radius 3 is 2.54 bits per heavy atom. The number of anilines is 1. The summed E-state index contributed by atoms with van der Waals surface area (Å²) in [4.78, 5) is 47.2. The first-order valence-electron chi connectivity index (χ1n) is 13.6. The largest absolute Gasteiger partial charge is 0.465 e. The van der Waals surface area contributed by atoms with Gasteiger partial charge in [-0.2, -0.15) is 15.5 Å². The number of fused-ring (bicyclic) bond motifs is 2. The van der Waals surface area contributed by atoms with Gasteiger partial charge >= 0.3 is 11.7 Å². The number of carbonyl (C=O) groups excluding carboxylic acids is 1. The zero-order valence-electron chi connectivity index (χ0n) is 23.0. The van der Waals surface area contributed by atoms with Crippen LogP contribution in [0.25, 0.3) is 21.9 Å². The van der Waals surface area contributed by atoms with Gasteiger partial charge in [0, 0.05) is 36.4 Å². The molecule has 12 heteroatoms. The van der Waals surface area contributed by atoms with E-state index in [2.05, 4.69) is 12.1 Å². The fourth-order valence-corrected chi connectivity index (χ4v) is 5.58. The predicted molar refractivity (Wildman–Crippen MR) is 152 cm³/mol. The molecule has 0 saturated carbocycles. The number of hydrogen-bond donors (Lipinski definition) is 1. The molecule has 1 aliphatic heterocycles. The summed E-state index contributed by atoms with van der Waals surface area (Å²) >= 11 is 0. The third-order valence-corrected chi connectivity index (χ3v) is 7.43. The van der Waals surface area contributed by atoms with Crippen molar-refractivity contribution in [2.75, 3.05) is 24.6 Å². The SMILES string of the molecule is CCOC(=O)Cn1c(=O)n(Cc2cc(C#N)c3ccccc3c2C#N)c(=O)c2c1nc(N1CCCC(N)C1)n2CC. The van der Waals surface area contributed by atoms with Crippen molar-refractivity contribution in [1.82, 2.24) is 18.7 Å². The van der Waals surface area contributed by atoms with Crippen molar-refractivity contribution < 1.29 is 9.53 Å². The van der Waals surface area contributed by atoms with E-state index >= 15 is 0 Å². The van der Waals surface area contributed by atoms with Crippen LogP contribution in [0.3, 0.4) is 0 Å². The highest BCUT2D eigenvalue weighted by Gasteiger charge is 2.27. The Labute approximate surface area is 235 Å². The van der Waals surface area contributed by atoms with Crippen molar-refractivity contribution in [3.63, 3.8) is 0 Å². The summed E-state index contributed by atoms with van der Waals surface area (Å²) < 4.78 is 8.99. The Morgan fingerprint density at radius 2 is 1.88 bits per heavy atom. The van der Waals surface area contributed by atoms with Crippen molar-refractivity contribution in [3.8, 4) is 12.1 Å². The zero-order chi connectivity index (χ0) is 29.3. The number of benzene rings is 2. The molecule has 1 saturated heterocycles. The van der Waals surface area contributed by atoms with E-state index in [4.69, 9.17) is 15.5 Å². The van der Waals surface area contributed by atoms with E-state index in [0.29, 0.717) is 47.5 Å². The number of imidazole rings is 1. The van der Waals surface area contributed by atoms with Crippen LogP contribution >= 0.6 is 0 Å². The Hall–Kier alpha value is -4.94. The maximum atomic E-state index is 14.1. The second kappa shape index (κ2) is 11.3. The summed E-state index contributed by atoms with van der Waals surface area (Å²) in [5.74, 6) is -0.149. The van der Waals surface area contributed by atoms with Gasteiger partial charge in [-0.1, -0.05) is 24.3 Å². The Kier molecular flexibility index (Phi) is 7.60. The summed E-state index contributed by atoms with van der Waals surface area (Å²) in [6, 6.07) is 12.8. The van der Waals surface area contributed by atoms with Crippen molar-refractivity contribution in [3.05, 3.63) is 67.9 Å². The molecule has 41 heavy (non-hydrogen) atoms. The number of ether oxygens (including phenoxy) is 1. The van der Waals surface area contributed by atoms with Crippen molar-refractivity contribution in [2.24, 2.45) is 5.73 Å². The summed E-state index contributed by atoms with van der Waals surface area (Å²) in [6.45, 7) is 4.53. The summed E-state index contributed by atoms with van der Waals surface area (Å²) in [6.07, 6.45) is 1.73. The van der Waals surface area contributed by atoms with Crippen molar-refractivity contribution >= 4 is 33.9 Å². The van der Waals surface area contributed by atoms with Crippen LogP contribution in [0.4, 0.5) is 5.95 Å². The molecule has 1 fully saturated rings. The highest BCUT2D eigenvalue weighted by atomic mass is 16.5. The number of carbonyl (C=O) groups is 1. The van der Waals surface area contributed by atoms with Gasteiger partial charge < -0.3 is 19.9 Å². The molecule has 0 spiro atoms. The number of aromatic nitrogens is 4. The van der Waals surface area contributed by atoms with Crippen molar-refractivity contribution in [2.45, 2.75) is 52.4 Å². The van der Waals surface area contributed by atoms with E-state index in [9.17, 15) is 24.9 Å². The van der Waals surface area contributed by atoms with Gasteiger partial charge in [0.1, 0.15) is 12.6 Å². The molecular weight excluding hydrogens is 524 g/mol. The van der Waals surface area contributed by atoms with Crippen LogP contribution in [0.1, 0.15) is 43.4 Å². The summed E-state index contributed by atoms with van der Waals surface area (Å²) in [5.41, 5.74) is 6.00. The highest BCUT2D eigenvalue weighted by molar-refractivity contribution is 5.93. The van der Waals surface area contributed by atoms with Crippen LogP contribution in [0.5, 0.6) is 0 Å². The lowest BCUT2D eigenvalue weighted by Gasteiger charge is -2.31. The van der Waals surface area contributed by atoms with Gasteiger partial charge in [-0.05, 0) is 38.3 Å². The van der Waals surface area contributed by atoms with Crippen LogP contribution in [0.2, 0.25) is 0 Å². The van der Waals surface area contributed by atoms with Crippen LogP contribution < -0.4 is 21.9 Å². The summed E-state index contributed by atoms with van der Waals surface area (Å²) in [5, 5.41) is 21.0. The van der Waals surface area contributed by atoms with E-state index in [1.54, 1.807) is 35.8 Å². The summed E-state index contributed by atoms with van der Waals surface area (Å²) in [7, 11) is 0. The Morgan fingerprint density at radius 1 is 1.12 bits per heavy atom. The van der Waals surface area contributed by atoms with Gasteiger partial charge in [-0.3, -0.25) is 18.7 Å². The number of nitrogens with zero attached hydrogens (tertiary/aromatic N) is 7. The minimum Gasteiger partial charge on any atom is -0.465 e. The predicted octanol–water partition coefficient (Wildman–Crippen LogP) is 1.82. The third-order valence-electron chi connectivity index (χ3n) is 7.43. The smallest absolute Gasteiger partial charge is 0.333 e. The molecular formula is C29H30N8O4. The second-order valence-electron chi connectivity index (χ2n) is 9.97. The lowest BCUT2D eigenvalue weighted by molar-refractivity contribution is -0.143. The molecule has 3 heterocycles. The molecule has 0 amide bonds. The van der Waals surface area contributed by atoms with Crippen LogP contribution in [-0.4, -0.2) is 50.4 Å². The molecule has 4 aromatic rings. The number of piperidine rings is 1. The number of aryl methyl sites for hydroxylation is 1. The molecule has 0 bridgehead atoms. The number of nitrogens with two attached hydrogens (primary N) is 1. The molecule has 1 aliphatic rings. The van der Waals surface area contributed by atoms with Crippen LogP contribution in [0, 0.1) is 22.7 Å². The molecule has 0 radical (unpaired) electrons. The first-order chi connectivity index (χ1) is 19.8. The highest BCUT2D eigenvalue weighted by Crippen LogP contribution is 2.27. The van der Waals surface area contributed by atoms with Gasteiger partial charge in [0.05, 0.1) is 30.3 Å². The molecule has 0 aliphatic carbocycles. The first-order valence-corrected chi connectivity index (χ1v) is 13.6. The number of hydrogen-bond acceptors (Lipinski definition) is 9. The van der Waals surface area contributed by atoms with Gasteiger partial charge in [0.15, 0.2) is 11.2 Å². The lowest BCUT2D eigenvalue weighted by Crippen LogP contribution is -2.44. The third kappa shape index (κ3) is 4.83. The van der Waals surface area contributed by atoms with E-state index in [1.807, 2.05) is 11.8 Å². The number of nitriles is 2.